The summed E-state index contributed by atoms with van der Waals surface area (Å²) >= 11 is 0. The molecule has 0 saturated carbocycles. The number of benzene rings is 2. The molecule has 0 atom stereocenters. The Kier molecular flexibility index (Phi) is 3.37. The number of aromatic hydroxyl groups is 1. The molecule has 0 heterocycles. The summed E-state index contributed by atoms with van der Waals surface area (Å²) in [6.45, 7) is 0. The van der Waals surface area contributed by atoms with Crippen LogP contribution < -0.4 is 4.90 Å². The first-order chi connectivity index (χ1) is 8.97. The number of carboxylic acid groups (broad SMARTS) is 1. The molecule has 0 saturated heterocycles. The van der Waals surface area contributed by atoms with Gasteiger partial charge in [0.05, 0.1) is 5.56 Å². The molecule has 0 fully saturated rings. The van der Waals surface area contributed by atoms with Gasteiger partial charge < -0.3 is 15.1 Å². The van der Waals surface area contributed by atoms with E-state index in [4.69, 9.17) is 5.11 Å². The number of nitrogens with zero attached hydrogens (tertiary/aromatic N) is 1. The number of halogens is 1. The number of phenolic OH excluding ortho intramolecular Hbond substituents is 1. The van der Waals surface area contributed by atoms with E-state index in [0.717, 1.165) is 6.07 Å². The lowest BCUT2D eigenvalue weighted by Crippen LogP contribution is -2.11. The standard InChI is InChI=1S/C14H12FNO3/c1-16(11-2-4-13(17)5-3-11)12-7-9(14(18)19)6-10(15)8-12/h2-8,17H,1H3,(H,18,19). The number of anilines is 2. The number of carboxylic acids is 1. The average molecular weight is 261 g/mol. The maximum absolute atomic E-state index is 13.4. The fraction of sp³-hybridized carbons (Fsp3) is 0.0714. The van der Waals surface area contributed by atoms with Crippen LogP contribution in [0.15, 0.2) is 42.5 Å². The highest BCUT2D eigenvalue weighted by atomic mass is 19.1. The van der Waals surface area contributed by atoms with Crippen LogP contribution in [0.3, 0.4) is 0 Å². The van der Waals surface area contributed by atoms with E-state index < -0.39 is 11.8 Å². The van der Waals surface area contributed by atoms with Gasteiger partial charge in [-0.15, -0.1) is 0 Å². The zero-order valence-electron chi connectivity index (χ0n) is 10.2. The van der Waals surface area contributed by atoms with Gasteiger partial charge in [-0.3, -0.25) is 0 Å². The van der Waals surface area contributed by atoms with Gasteiger partial charge in [0.2, 0.25) is 0 Å². The van der Waals surface area contributed by atoms with Gasteiger partial charge in [-0.2, -0.15) is 0 Å². The Bertz CT molecular complexity index is 611. The van der Waals surface area contributed by atoms with Crippen LogP contribution in [-0.2, 0) is 0 Å². The molecule has 5 heteroatoms. The summed E-state index contributed by atoms with van der Waals surface area (Å²) < 4.78 is 13.4. The summed E-state index contributed by atoms with van der Waals surface area (Å²) in [4.78, 5) is 12.5. The highest BCUT2D eigenvalue weighted by Gasteiger charge is 2.11. The molecular formula is C14H12FNO3. The number of hydrogen-bond acceptors (Lipinski definition) is 3. The third kappa shape index (κ3) is 2.82. The first-order valence-corrected chi connectivity index (χ1v) is 5.54. The summed E-state index contributed by atoms with van der Waals surface area (Å²) in [6, 6.07) is 9.92. The van der Waals surface area contributed by atoms with E-state index in [1.54, 1.807) is 24.1 Å². The summed E-state index contributed by atoms with van der Waals surface area (Å²) in [6.07, 6.45) is 0. The lowest BCUT2D eigenvalue weighted by atomic mass is 10.1. The van der Waals surface area contributed by atoms with Gasteiger partial charge >= 0.3 is 5.97 Å². The molecule has 4 nitrogen and oxygen atoms in total. The summed E-state index contributed by atoms with van der Waals surface area (Å²) in [5.74, 6) is -1.66. The van der Waals surface area contributed by atoms with E-state index in [1.165, 1.54) is 24.3 Å². The topological polar surface area (TPSA) is 60.8 Å². The predicted octanol–water partition coefficient (Wildman–Crippen LogP) is 3.00. The average Bonchev–Trinajstić information content (AvgIpc) is 2.38. The molecule has 19 heavy (non-hydrogen) atoms. The molecule has 0 amide bonds. The van der Waals surface area contributed by atoms with E-state index in [-0.39, 0.29) is 11.3 Å². The van der Waals surface area contributed by atoms with Gasteiger partial charge in [0.25, 0.3) is 0 Å². The molecule has 0 aliphatic carbocycles. The zero-order chi connectivity index (χ0) is 14.0. The molecule has 0 unspecified atom stereocenters. The zero-order valence-corrected chi connectivity index (χ0v) is 10.2. The van der Waals surface area contributed by atoms with Gasteiger partial charge in [-0.1, -0.05) is 0 Å². The van der Waals surface area contributed by atoms with Crippen LogP contribution in [0.1, 0.15) is 10.4 Å². The molecule has 2 rings (SSSR count). The maximum Gasteiger partial charge on any atom is 0.335 e. The van der Waals surface area contributed by atoms with Crippen molar-refractivity contribution in [2.75, 3.05) is 11.9 Å². The third-order valence-corrected chi connectivity index (χ3v) is 2.75. The van der Waals surface area contributed by atoms with E-state index in [2.05, 4.69) is 0 Å². The molecule has 0 aliphatic rings. The van der Waals surface area contributed by atoms with Crippen molar-refractivity contribution >= 4 is 17.3 Å². The SMILES string of the molecule is CN(c1ccc(O)cc1)c1cc(F)cc(C(=O)O)c1. The molecule has 2 aromatic carbocycles. The van der Waals surface area contributed by atoms with Crippen molar-refractivity contribution in [3.8, 4) is 5.75 Å². The lowest BCUT2D eigenvalue weighted by Gasteiger charge is -2.20. The van der Waals surface area contributed by atoms with Gasteiger partial charge in [-0.05, 0) is 42.5 Å². The predicted molar refractivity (Wildman–Crippen MR) is 69.5 cm³/mol. The fourth-order valence-corrected chi connectivity index (χ4v) is 1.72. The Morgan fingerprint density at radius 3 is 2.32 bits per heavy atom. The van der Waals surface area contributed by atoms with Crippen molar-refractivity contribution in [3.05, 3.63) is 53.8 Å². The first kappa shape index (κ1) is 12.9. The van der Waals surface area contributed by atoms with E-state index in [1.807, 2.05) is 0 Å². The van der Waals surface area contributed by atoms with Crippen molar-refractivity contribution in [1.82, 2.24) is 0 Å². The minimum Gasteiger partial charge on any atom is -0.508 e. The summed E-state index contributed by atoms with van der Waals surface area (Å²) in [5, 5.41) is 18.1. The number of phenols is 1. The third-order valence-electron chi connectivity index (χ3n) is 2.75. The fourth-order valence-electron chi connectivity index (χ4n) is 1.72. The van der Waals surface area contributed by atoms with Crippen LogP contribution in [0.25, 0.3) is 0 Å². The van der Waals surface area contributed by atoms with E-state index >= 15 is 0 Å². The van der Waals surface area contributed by atoms with Gasteiger partial charge in [-0.25, -0.2) is 9.18 Å². The minimum absolute atomic E-state index is 0.111. The second-order valence-corrected chi connectivity index (χ2v) is 4.08. The van der Waals surface area contributed by atoms with E-state index in [0.29, 0.717) is 11.4 Å². The Morgan fingerprint density at radius 2 is 1.74 bits per heavy atom. The van der Waals surface area contributed by atoms with Crippen LogP contribution >= 0.6 is 0 Å². The van der Waals surface area contributed by atoms with Crippen LogP contribution in [0.2, 0.25) is 0 Å². The molecule has 0 aromatic heterocycles. The smallest absolute Gasteiger partial charge is 0.335 e. The molecule has 2 aromatic rings. The van der Waals surface area contributed by atoms with Crippen LogP contribution in [0, 0.1) is 5.82 Å². The molecular weight excluding hydrogens is 249 g/mol. The van der Waals surface area contributed by atoms with Crippen LogP contribution in [0.5, 0.6) is 5.75 Å². The van der Waals surface area contributed by atoms with Crippen molar-refractivity contribution < 1.29 is 19.4 Å². The number of carbonyl (C=O) groups is 1. The Morgan fingerprint density at radius 1 is 1.11 bits per heavy atom. The summed E-state index contributed by atoms with van der Waals surface area (Å²) in [7, 11) is 1.69. The van der Waals surface area contributed by atoms with Gasteiger partial charge in [0.15, 0.2) is 0 Å². The van der Waals surface area contributed by atoms with Crippen LogP contribution in [-0.4, -0.2) is 23.2 Å². The number of rotatable bonds is 3. The molecule has 98 valence electrons. The quantitative estimate of drug-likeness (QED) is 0.891. The Balaban J connectivity index is 2.40. The van der Waals surface area contributed by atoms with E-state index in [9.17, 15) is 14.3 Å². The largest absolute Gasteiger partial charge is 0.508 e. The second-order valence-electron chi connectivity index (χ2n) is 4.08. The first-order valence-electron chi connectivity index (χ1n) is 5.54. The minimum atomic E-state index is -1.18. The molecule has 0 spiro atoms. The van der Waals surface area contributed by atoms with Gasteiger partial charge in [0.1, 0.15) is 11.6 Å². The van der Waals surface area contributed by atoms with Crippen molar-refractivity contribution in [2.24, 2.45) is 0 Å². The van der Waals surface area contributed by atoms with Gasteiger partial charge in [0, 0.05) is 18.4 Å². The van der Waals surface area contributed by atoms with Crippen LogP contribution in [0.4, 0.5) is 15.8 Å². The highest BCUT2D eigenvalue weighted by Crippen LogP contribution is 2.26. The second kappa shape index (κ2) is 4.97. The molecule has 0 aliphatic heterocycles. The number of aromatic carboxylic acids is 1. The lowest BCUT2D eigenvalue weighted by molar-refractivity contribution is 0.0696. The molecule has 0 radical (unpaired) electrons. The maximum atomic E-state index is 13.4. The highest BCUT2D eigenvalue weighted by molar-refractivity contribution is 5.89. The normalized spacial score (nSPS) is 10.2. The van der Waals surface area contributed by atoms with Crippen molar-refractivity contribution in [3.63, 3.8) is 0 Å². The summed E-state index contributed by atoms with van der Waals surface area (Å²) in [5.41, 5.74) is 1.02. The monoisotopic (exact) mass is 261 g/mol. The Hall–Kier alpha value is -2.56. The Labute approximate surface area is 109 Å². The van der Waals surface area contributed by atoms with Crippen molar-refractivity contribution in [2.45, 2.75) is 0 Å². The molecule has 0 bridgehead atoms. The molecule has 2 N–H and O–H groups in total. The number of hydrogen-bond donors (Lipinski definition) is 2. The van der Waals surface area contributed by atoms with Crippen molar-refractivity contribution in [1.29, 1.82) is 0 Å².